The van der Waals surface area contributed by atoms with Crippen molar-refractivity contribution in [3.63, 3.8) is 0 Å². The van der Waals surface area contributed by atoms with Crippen molar-refractivity contribution in [1.82, 2.24) is 4.90 Å². The number of hydrogen-bond donors (Lipinski definition) is 2. The van der Waals surface area contributed by atoms with Gasteiger partial charge in [0, 0.05) is 26.2 Å². The van der Waals surface area contributed by atoms with E-state index >= 15 is 0 Å². The van der Waals surface area contributed by atoms with Crippen LogP contribution < -0.4 is 5.73 Å². The van der Waals surface area contributed by atoms with E-state index in [1.165, 1.54) is 12.8 Å². The smallest absolute Gasteiger partial charge is 0.191 e. The molecule has 1 heterocycles. The Balaban J connectivity index is 0.00000361. The molecule has 1 unspecified atom stereocenters. The maximum absolute atomic E-state index is 9.22. The third-order valence-electron chi connectivity index (χ3n) is 4.70. The van der Waals surface area contributed by atoms with Crippen LogP contribution in [0.25, 0.3) is 0 Å². The van der Waals surface area contributed by atoms with E-state index in [0.717, 1.165) is 38.9 Å². The van der Waals surface area contributed by atoms with Gasteiger partial charge in [-0.1, -0.05) is 20.8 Å². The summed E-state index contributed by atoms with van der Waals surface area (Å²) in [6, 6.07) is 0. The van der Waals surface area contributed by atoms with Crippen LogP contribution >= 0.6 is 24.0 Å². The SMILES string of the molecule is CCC(CC)(CCO)CN=C(N)N1CCCC(C)C1.I. The molecule has 0 aromatic heterocycles. The molecule has 0 spiro atoms. The molecule has 4 nitrogen and oxygen atoms in total. The molecule has 5 heteroatoms. The number of rotatable bonds is 6. The van der Waals surface area contributed by atoms with Crippen LogP contribution in [0.5, 0.6) is 0 Å². The number of aliphatic hydroxyl groups is 1. The van der Waals surface area contributed by atoms with Gasteiger partial charge in [-0.3, -0.25) is 4.99 Å². The molecule has 0 aromatic rings. The first-order valence-electron chi connectivity index (χ1n) is 7.72. The highest BCUT2D eigenvalue weighted by Crippen LogP contribution is 2.30. The summed E-state index contributed by atoms with van der Waals surface area (Å²) in [6.07, 6.45) is 5.39. The summed E-state index contributed by atoms with van der Waals surface area (Å²) in [5.74, 6) is 1.40. The fraction of sp³-hybridized carbons (Fsp3) is 0.933. The van der Waals surface area contributed by atoms with Crippen LogP contribution in [0.15, 0.2) is 4.99 Å². The third-order valence-corrected chi connectivity index (χ3v) is 4.70. The maximum Gasteiger partial charge on any atom is 0.191 e. The number of hydrogen-bond acceptors (Lipinski definition) is 2. The molecule has 0 saturated carbocycles. The molecule has 1 aliphatic rings. The molecule has 1 saturated heterocycles. The van der Waals surface area contributed by atoms with Crippen molar-refractivity contribution in [1.29, 1.82) is 0 Å². The molecule has 120 valence electrons. The summed E-state index contributed by atoms with van der Waals surface area (Å²) in [4.78, 5) is 6.84. The Morgan fingerprint density at radius 3 is 2.55 bits per heavy atom. The lowest BCUT2D eigenvalue weighted by Crippen LogP contribution is -2.44. The fourth-order valence-electron chi connectivity index (χ4n) is 2.89. The standard InChI is InChI=1S/C15H31N3O.HI/c1-4-15(5-2,8-10-19)12-17-14(16)18-9-6-7-13(3)11-18;/h13,19H,4-12H2,1-3H3,(H2,16,17);1H. The number of piperidine rings is 1. The van der Waals surface area contributed by atoms with E-state index in [1.54, 1.807) is 0 Å². The summed E-state index contributed by atoms with van der Waals surface area (Å²) in [5.41, 5.74) is 6.25. The normalized spacial score (nSPS) is 20.7. The maximum atomic E-state index is 9.22. The van der Waals surface area contributed by atoms with Gasteiger partial charge in [0.2, 0.25) is 0 Å². The second-order valence-electron chi connectivity index (χ2n) is 6.05. The van der Waals surface area contributed by atoms with Crippen LogP contribution in [0.3, 0.4) is 0 Å². The lowest BCUT2D eigenvalue weighted by atomic mass is 9.79. The molecular formula is C15H32IN3O. The molecule has 0 aliphatic carbocycles. The first-order chi connectivity index (χ1) is 9.06. The summed E-state index contributed by atoms with van der Waals surface area (Å²) < 4.78 is 0. The molecule has 0 bridgehead atoms. The highest BCUT2D eigenvalue weighted by Gasteiger charge is 2.26. The summed E-state index contributed by atoms with van der Waals surface area (Å²) >= 11 is 0. The molecule has 1 aliphatic heterocycles. The van der Waals surface area contributed by atoms with E-state index in [4.69, 9.17) is 5.73 Å². The van der Waals surface area contributed by atoms with E-state index in [9.17, 15) is 5.11 Å². The molecule has 1 fully saturated rings. The van der Waals surface area contributed by atoms with Crippen LogP contribution in [0.4, 0.5) is 0 Å². The molecule has 1 atom stereocenters. The average Bonchev–Trinajstić information content (AvgIpc) is 2.43. The van der Waals surface area contributed by atoms with Crippen molar-refractivity contribution in [3.05, 3.63) is 0 Å². The van der Waals surface area contributed by atoms with Crippen molar-refractivity contribution in [2.24, 2.45) is 22.1 Å². The van der Waals surface area contributed by atoms with Crippen LogP contribution in [0, 0.1) is 11.3 Å². The lowest BCUT2D eigenvalue weighted by molar-refractivity contribution is 0.174. The first-order valence-corrected chi connectivity index (χ1v) is 7.72. The highest BCUT2D eigenvalue weighted by molar-refractivity contribution is 14.0. The number of nitrogens with two attached hydrogens (primary N) is 1. The summed E-state index contributed by atoms with van der Waals surface area (Å²) in [6.45, 7) is 9.65. The predicted octanol–water partition coefficient (Wildman–Crippen LogP) is 2.84. The fourth-order valence-corrected chi connectivity index (χ4v) is 2.89. The van der Waals surface area contributed by atoms with Crippen LogP contribution in [-0.2, 0) is 0 Å². The Labute approximate surface area is 141 Å². The van der Waals surface area contributed by atoms with E-state index in [0.29, 0.717) is 11.9 Å². The van der Waals surface area contributed by atoms with Crippen LogP contribution in [-0.4, -0.2) is 42.2 Å². The minimum absolute atomic E-state index is 0. The number of halogens is 1. The monoisotopic (exact) mass is 397 g/mol. The van der Waals surface area contributed by atoms with Gasteiger partial charge in [0.25, 0.3) is 0 Å². The zero-order chi connectivity index (χ0) is 14.3. The molecule has 0 radical (unpaired) electrons. The topological polar surface area (TPSA) is 61.9 Å². The average molecular weight is 397 g/mol. The van der Waals surface area contributed by atoms with E-state index < -0.39 is 0 Å². The largest absolute Gasteiger partial charge is 0.396 e. The quantitative estimate of drug-likeness (QED) is 0.412. The Morgan fingerprint density at radius 1 is 1.40 bits per heavy atom. The summed E-state index contributed by atoms with van der Waals surface area (Å²) in [7, 11) is 0. The lowest BCUT2D eigenvalue weighted by Gasteiger charge is -2.33. The Hall–Kier alpha value is -0.0400. The van der Waals surface area contributed by atoms with E-state index in [2.05, 4.69) is 30.7 Å². The molecule has 3 N–H and O–H groups in total. The van der Waals surface area contributed by atoms with Crippen molar-refractivity contribution in [3.8, 4) is 0 Å². The van der Waals surface area contributed by atoms with Crippen molar-refractivity contribution in [2.75, 3.05) is 26.2 Å². The van der Waals surface area contributed by atoms with Crippen LogP contribution in [0.2, 0.25) is 0 Å². The van der Waals surface area contributed by atoms with Crippen LogP contribution in [0.1, 0.15) is 52.9 Å². The highest BCUT2D eigenvalue weighted by atomic mass is 127. The molecule has 0 amide bonds. The van der Waals surface area contributed by atoms with Gasteiger partial charge in [-0.15, -0.1) is 24.0 Å². The number of likely N-dealkylation sites (tertiary alicyclic amines) is 1. The first kappa shape index (κ1) is 20.0. The van der Waals surface area contributed by atoms with Crippen molar-refractivity contribution < 1.29 is 5.11 Å². The zero-order valence-electron chi connectivity index (χ0n) is 13.3. The molecular weight excluding hydrogens is 365 g/mol. The number of guanidine groups is 1. The van der Waals surface area contributed by atoms with Gasteiger partial charge in [-0.05, 0) is 43.4 Å². The van der Waals surface area contributed by atoms with Crippen molar-refractivity contribution >= 4 is 29.9 Å². The van der Waals surface area contributed by atoms with E-state index in [1.807, 2.05) is 0 Å². The summed E-state index contributed by atoms with van der Waals surface area (Å²) in [5, 5.41) is 9.22. The number of aliphatic hydroxyl groups excluding tert-OH is 1. The minimum atomic E-state index is 0. The Bertz CT molecular complexity index is 293. The van der Waals surface area contributed by atoms with Crippen molar-refractivity contribution in [2.45, 2.75) is 52.9 Å². The third kappa shape index (κ3) is 5.76. The van der Waals surface area contributed by atoms with Gasteiger partial charge in [0.15, 0.2) is 5.96 Å². The molecule has 20 heavy (non-hydrogen) atoms. The Morgan fingerprint density at radius 2 is 2.05 bits per heavy atom. The van der Waals surface area contributed by atoms with E-state index in [-0.39, 0.29) is 36.0 Å². The second kappa shape index (κ2) is 9.82. The van der Waals surface area contributed by atoms with Gasteiger partial charge >= 0.3 is 0 Å². The van der Waals surface area contributed by atoms with Gasteiger partial charge < -0.3 is 15.7 Å². The van der Waals surface area contributed by atoms with Gasteiger partial charge in [0.1, 0.15) is 0 Å². The van der Waals surface area contributed by atoms with Gasteiger partial charge in [-0.2, -0.15) is 0 Å². The van der Waals surface area contributed by atoms with Gasteiger partial charge in [0.05, 0.1) is 0 Å². The minimum Gasteiger partial charge on any atom is -0.396 e. The number of aliphatic imine (C=N–C) groups is 1. The second-order valence-corrected chi connectivity index (χ2v) is 6.05. The predicted molar refractivity (Wildman–Crippen MR) is 96.6 cm³/mol. The van der Waals surface area contributed by atoms with Gasteiger partial charge in [-0.25, -0.2) is 0 Å². The number of nitrogens with zero attached hydrogens (tertiary/aromatic N) is 2. The Kier molecular flexibility index (Phi) is 9.80. The molecule has 0 aromatic carbocycles. The molecule has 1 rings (SSSR count). The zero-order valence-corrected chi connectivity index (χ0v) is 15.6.